The first-order valence-electron chi connectivity index (χ1n) is 7.03. The van der Waals surface area contributed by atoms with E-state index in [4.69, 9.17) is 10.5 Å². The third kappa shape index (κ3) is 2.21. The zero-order chi connectivity index (χ0) is 14.3. The molecule has 1 atom stereocenters. The number of hydrogen-bond acceptors (Lipinski definition) is 4. The first-order valence-corrected chi connectivity index (χ1v) is 8.47. The molecule has 2 N–H and O–H groups in total. The van der Waals surface area contributed by atoms with E-state index in [1.165, 1.54) is 0 Å². The minimum Gasteiger partial charge on any atom is -0.492 e. The smallest absolute Gasteiger partial charge is 0.246 e. The average Bonchev–Trinajstić information content (AvgIpc) is 2.93. The molecule has 1 saturated heterocycles. The number of rotatable bonds is 2. The summed E-state index contributed by atoms with van der Waals surface area (Å²) in [6.45, 7) is 3.55. The SMILES string of the molecule is Cc1cc2c(c(S(=O)(=O)N3CCCC3)c1)OCCC2N. The van der Waals surface area contributed by atoms with Crippen molar-refractivity contribution in [1.29, 1.82) is 0 Å². The van der Waals surface area contributed by atoms with Gasteiger partial charge in [-0.05, 0) is 31.4 Å². The van der Waals surface area contributed by atoms with Crippen LogP contribution in [0.3, 0.4) is 0 Å². The normalized spacial score (nSPS) is 23.4. The maximum atomic E-state index is 12.8. The van der Waals surface area contributed by atoms with Crippen molar-refractivity contribution in [3.8, 4) is 5.75 Å². The number of sulfonamides is 1. The van der Waals surface area contributed by atoms with E-state index in [-0.39, 0.29) is 10.9 Å². The Labute approximate surface area is 119 Å². The fourth-order valence-electron chi connectivity index (χ4n) is 2.90. The summed E-state index contributed by atoms with van der Waals surface area (Å²) in [6.07, 6.45) is 2.57. The van der Waals surface area contributed by atoms with E-state index in [1.54, 1.807) is 10.4 Å². The molecular weight excluding hydrogens is 276 g/mol. The number of benzene rings is 1. The second kappa shape index (κ2) is 5.02. The molecule has 0 saturated carbocycles. The Morgan fingerprint density at radius 1 is 1.30 bits per heavy atom. The van der Waals surface area contributed by atoms with Gasteiger partial charge in [-0.15, -0.1) is 0 Å². The first kappa shape index (κ1) is 13.9. The molecule has 6 heteroatoms. The molecule has 1 aromatic carbocycles. The number of nitrogens with two attached hydrogens (primary N) is 1. The topological polar surface area (TPSA) is 72.6 Å². The lowest BCUT2D eigenvalue weighted by Gasteiger charge is -2.27. The maximum absolute atomic E-state index is 12.8. The Morgan fingerprint density at radius 3 is 2.70 bits per heavy atom. The molecule has 0 amide bonds. The van der Waals surface area contributed by atoms with Crippen molar-refractivity contribution in [2.45, 2.75) is 37.1 Å². The van der Waals surface area contributed by atoms with Crippen LogP contribution >= 0.6 is 0 Å². The maximum Gasteiger partial charge on any atom is 0.246 e. The van der Waals surface area contributed by atoms with Gasteiger partial charge in [0.05, 0.1) is 6.61 Å². The summed E-state index contributed by atoms with van der Waals surface area (Å²) in [5, 5.41) is 0. The van der Waals surface area contributed by atoms with Crippen LogP contribution in [-0.4, -0.2) is 32.4 Å². The molecule has 0 aliphatic carbocycles. The molecule has 0 bridgehead atoms. The molecule has 0 aromatic heterocycles. The summed E-state index contributed by atoms with van der Waals surface area (Å²) in [4.78, 5) is 0.282. The lowest BCUT2D eigenvalue weighted by Crippen LogP contribution is -2.30. The summed E-state index contributed by atoms with van der Waals surface area (Å²) >= 11 is 0. The van der Waals surface area contributed by atoms with Crippen LogP contribution in [0.5, 0.6) is 5.75 Å². The first-order chi connectivity index (χ1) is 9.50. The summed E-state index contributed by atoms with van der Waals surface area (Å²) in [5.74, 6) is 0.459. The van der Waals surface area contributed by atoms with Crippen LogP contribution in [0, 0.1) is 6.92 Å². The van der Waals surface area contributed by atoms with Crippen LogP contribution in [0.25, 0.3) is 0 Å². The van der Waals surface area contributed by atoms with Crippen LogP contribution in [0.1, 0.15) is 36.4 Å². The number of nitrogens with zero attached hydrogens (tertiary/aromatic N) is 1. The molecule has 1 aromatic rings. The van der Waals surface area contributed by atoms with E-state index in [9.17, 15) is 8.42 Å². The molecule has 20 heavy (non-hydrogen) atoms. The van der Waals surface area contributed by atoms with Gasteiger partial charge in [0.2, 0.25) is 10.0 Å². The third-order valence-electron chi connectivity index (χ3n) is 3.99. The van der Waals surface area contributed by atoms with Gasteiger partial charge in [-0.3, -0.25) is 0 Å². The van der Waals surface area contributed by atoms with Gasteiger partial charge in [-0.1, -0.05) is 6.07 Å². The van der Waals surface area contributed by atoms with E-state index >= 15 is 0 Å². The Bertz CT molecular complexity index is 622. The molecule has 2 aliphatic heterocycles. The fourth-order valence-corrected chi connectivity index (χ4v) is 4.66. The van der Waals surface area contributed by atoms with E-state index in [1.807, 2.05) is 13.0 Å². The van der Waals surface area contributed by atoms with Crippen molar-refractivity contribution in [1.82, 2.24) is 4.31 Å². The van der Waals surface area contributed by atoms with Gasteiger partial charge in [0.1, 0.15) is 10.6 Å². The molecule has 1 fully saturated rings. The van der Waals surface area contributed by atoms with E-state index in [0.717, 1.165) is 30.4 Å². The number of ether oxygens (including phenoxy) is 1. The average molecular weight is 296 g/mol. The molecule has 3 rings (SSSR count). The molecule has 5 nitrogen and oxygen atoms in total. The van der Waals surface area contributed by atoms with Crippen LogP contribution < -0.4 is 10.5 Å². The van der Waals surface area contributed by atoms with Crippen molar-refractivity contribution >= 4 is 10.0 Å². The van der Waals surface area contributed by atoms with Crippen LogP contribution in [0.2, 0.25) is 0 Å². The predicted molar refractivity (Wildman–Crippen MR) is 76.2 cm³/mol. The number of aryl methyl sites for hydroxylation is 1. The highest BCUT2D eigenvalue weighted by molar-refractivity contribution is 7.89. The lowest BCUT2D eigenvalue weighted by molar-refractivity contribution is 0.260. The van der Waals surface area contributed by atoms with Gasteiger partial charge >= 0.3 is 0 Å². The monoisotopic (exact) mass is 296 g/mol. The summed E-state index contributed by atoms with van der Waals surface area (Å²) in [7, 11) is -3.47. The zero-order valence-corrected chi connectivity index (χ0v) is 12.4. The highest BCUT2D eigenvalue weighted by Gasteiger charge is 2.33. The number of hydrogen-bond donors (Lipinski definition) is 1. The van der Waals surface area contributed by atoms with Gasteiger partial charge in [-0.2, -0.15) is 4.31 Å². The van der Waals surface area contributed by atoms with E-state index in [0.29, 0.717) is 25.4 Å². The van der Waals surface area contributed by atoms with Crippen LogP contribution in [0.4, 0.5) is 0 Å². The molecule has 0 radical (unpaired) electrons. The number of fused-ring (bicyclic) bond motifs is 1. The molecule has 2 aliphatic rings. The quantitative estimate of drug-likeness (QED) is 0.899. The molecular formula is C14H20N2O3S. The Kier molecular flexibility index (Phi) is 3.48. The van der Waals surface area contributed by atoms with Gasteiger partial charge in [-0.25, -0.2) is 8.42 Å². The Hall–Kier alpha value is -1.11. The lowest BCUT2D eigenvalue weighted by atomic mass is 9.99. The minimum atomic E-state index is -3.47. The molecule has 110 valence electrons. The van der Waals surface area contributed by atoms with Crippen molar-refractivity contribution in [3.05, 3.63) is 23.3 Å². The second-order valence-electron chi connectivity index (χ2n) is 5.54. The molecule has 1 unspecified atom stereocenters. The highest BCUT2D eigenvalue weighted by atomic mass is 32.2. The third-order valence-corrected chi connectivity index (χ3v) is 5.89. The Balaban J connectivity index is 2.14. The van der Waals surface area contributed by atoms with Crippen molar-refractivity contribution in [2.75, 3.05) is 19.7 Å². The highest BCUT2D eigenvalue weighted by Crippen LogP contribution is 2.38. The summed E-state index contributed by atoms with van der Waals surface area (Å²) < 4.78 is 32.7. The standard InChI is InChI=1S/C14H20N2O3S/c1-10-8-11-12(15)4-7-19-14(11)13(9-10)20(17,18)16-5-2-3-6-16/h8-9,12H,2-7,15H2,1H3. The largest absolute Gasteiger partial charge is 0.492 e. The predicted octanol–water partition coefficient (Wildman–Crippen LogP) is 1.56. The van der Waals surface area contributed by atoms with E-state index < -0.39 is 10.0 Å². The summed E-state index contributed by atoms with van der Waals surface area (Å²) in [6, 6.07) is 3.48. The van der Waals surface area contributed by atoms with Crippen molar-refractivity contribution in [3.63, 3.8) is 0 Å². The van der Waals surface area contributed by atoms with Crippen LogP contribution in [0.15, 0.2) is 17.0 Å². The van der Waals surface area contributed by atoms with Crippen LogP contribution in [-0.2, 0) is 10.0 Å². The van der Waals surface area contributed by atoms with E-state index in [2.05, 4.69) is 0 Å². The zero-order valence-electron chi connectivity index (χ0n) is 11.6. The fraction of sp³-hybridized carbons (Fsp3) is 0.571. The van der Waals surface area contributed by atoms with Gasteiger partial charge < -0.3 is 10.5 Å². The van der Waals surface area contributed by atoms with Gasteiger partial charge in [0, 0.05) is 31.1 Å². The second-order valence-corrected chi connectivity index (χ2v) is 7.44. The molecule has 2 heterocycles. The van der Waals surface area contributed by atoms with Gasteiger partial charge in [0.25, 0.3) is 0 Å². The minimum absolute atomic E-state index is 0.147. The van der Waals surface area contributed by atoms with Crippen molar-refractivity contribution in [2.24, 2.45) is 5.73 Å². The Morgan fingerprint density at radius 2 is 2.00 bits per heavy atom. The van der Waals surface area contributed by atoms with Gasteiger partial charge in [0.15, 0.2) is 0 Å². The summed E-state index contributed by atoms with van der Waals surface area (Å²) in [5.41, 5.74) is 7.81. The molecule has 0 spiro atoms. The van der Waals surface area contributed by atoms with Crippen molar-refractivity contribution < 1.29 is 13.2 Å².